The van der Waals surface area contributed by atoms with Gasteiger partial charge < -0.3 is 24.4 Å². The zero-order valence-electron chi connectivity index (χ0n) is 18.2. The molecule has 1 N–H and O–H groups in total. The summed E-state index contributed by atoms with van der Waals surface area (Å²) < 4.78 is 18.3. The fourth-order valence-corrected chi connectivity index (χ4v) is 5.01. The maximum atomic E-state index is 13.3. The molecule has 1 saturated heterocycles. The first-order chi connectivity index (χ1) is 14.9. The van der Waals surface area contributed by atoms with Crippen LogP contribution in [0.3, 0.4) is 0 Å². The molecule has 2 aromatic rings. The third-order valence-electron chi connectivity index (χ3n) is 6.18. The van der Waals surface area contributed by atoms with Gasteiger partial charge in [-0.1, -0.05) is 18.2 Å². The average Bonchev–Trinajstić information content (AvgIpc) is 2.77. The maximum absolute atomic E-state index is 13.3. The third kappa shape index (κ3) is 4.53. The number of nitrogens with zero attached hydrogens (tertiary/aromatic N) is 1. The van der Waals surface area contributed by atoms with E-state index < -0.39 is 0 Å². The molecule has 0 bridgehead atoms. The lowest BCUT2D eigenvalue weighted by molar-refractivity contribution is -0.0195. The number of nitrogens with one attached hydrogen (secondary N) is 1. The summed E-state index contributed by atoms with van der Waals surface area (Å²) >= 11 is 3.51. The molecule has 1 fully saturated rings. The number of fused-ring (bicyclic) bond motifs is 1. The predicted octanol–water partition coefficient (Wildman–Crippen LogP) is 4.57. The van der Waals surface area contributed by atoms with E-state index in [0.29, 0.717) is 28.1 Å². The first kappa shape index (κ1) is 22.0. The van der Waals surface area contributed by atoms with E-state index in [-0.39, 0.29) is 17.6 Å². The summed E-state index contributed by atoms with van der Waals surface area (Å²) in [5.41, 5.74) is 1.31. The van der Waals surface area contributed by atoms with E-state index in [1.165, 1.54) is 0 Å². The summed E-state index contributed by atoms with van der Waals surface area (Å²) in [4.78, 5) is 15.6. The van der Waals surface area contributed by atoms with Crippen LogP contribution in [0.1, 0.15) is 48.1 Å². The van der Waals surface area contributed by atoms with E-state index in [0.717, 1.165) is 43.7 Å². The van der Waals surface area contributed by atoms with E-state index in [9.17, 15) is 4.79 Å². The molecule has 1 amide bonds. The smallest absolute Gasteiger partial charge is 0.251 e. The number of halogens is 1. The minimum Gasteiger partial charge on any atom is -0.493 e. The van der Waals surface area contributed by atoms with Crippen LogP contribution in [-0.2, 0) is 0 Å². The molecule has 166 valence electrons. The Morgan fingerprint density at radius 3 is 2.74 bits per heavy atom. The Kier molecular flexibility index (Phi) is 6.44. The van der Waals surface area contributed by atoms with E-state index in [1.54, 1.807) is 19.2 Å². The fraction of sp³-hybridized carbons (Fsp3) is 0.458. The lowest BCUT2D eigenvalue weighted by atomic mass is 9.80. The van der Waals surface area contributed by atoms with Gasteiger partial charge in [0.2, 0.25) is 0 Å². The maximum Gasteiger partial charge on any atom is 0.251 e. The summed E-state index contributed by atoms with van der Waals surface area (Å²) in [5.74, 6) is 1.85. The highest BCUT2D eigenvalue weighted by atomic mass is 79.9. The van der Waals surface area contributed by atoms with Gasteiger partial charge in [-0.25, -0.2) is 0 Å². The van der Waals surface area contributed by atoms with Crippen molar-refractivity contribution in [2.75, 3.05) is 33.9 Å². The molecule has 2 aliphatic heterocycles. The predicted molar refractivity (Wildman–Crippen MR) is 123 cm³/mol. The van der Waals surface area contributed by atoms with Gasteiger partial charge in [0.05, 0.1) is 24.2 Å². The topological polar surface area (TPSA) is 60.0 Å². The number of hydrogen-bond donors (Lipinski definition) is 1. The SMILES string of the molecule is CCOc1c(Br)cc(C(=O)NC2CC3(CCN(C)CC3)Oc3ccccc32)cc1OC. The summed E-state index contributed by atoms with van der Waals surface area (Å²) in [5, 5.41) is 3.25. The van der Waals surface area contributed by atoms with Gasteiger partial charge in [0, 0.05) is 30.6 Å². The van der Waals surface area contributed by atoms with Crippen molar-refractivity contribution in [2.24, 2.45) is 0 Å². The summed E-state index contributed by atoms with van der Waals surface area (Å²) in [6.07, 6.45) is 2.66. The van der Waals surface area contributed by atoms with Crippen molar-refractivity contribution >= 4 is 21.8 Å². The Labute approximate surface area is 192 Å². The number of piperidine rings is 1. The second-order valence-electron chi connectivity index (χ2n) is 8.28. The van der Waals surface area contributed by atoms with Gasteiger partial charge in [0.1, 0.15) is 11.4 Å². The van der Waals surface area contributed by atoms with E-state index >= 15 is 0 Å². The van der Waals surface area contributed by atoms with E-state index in [4.69, 9.17) is 14.2 Å². The Bertz CT molecular complexity index is 957. The molecule has 1 unspecified atom stereocenters. The Hall–Kier alpha value is -2.25. The molecule has 2 aromatic carbocycles. The molecular formula is C24H29BrN2O4. The Morgan fingerprint density at radius 1 is 1.29 bits per heavy atom. The minimum atomic E-state index is -0.240. The number of amides is 1. The van der Waals surface area contributed by atoms with Crippen LogP contribution in [0.5, 0.6) is 17.2 Å². The summed E-state index contributed by atoms with van der Waals surface area (Å²) in [6, 6.07) is 11.4. The highest BCUT2D eigenvalue weighted by Crippen LogP contribution is 2.44. The molecule has 31 heavy (non-hydrogen) atoms. The van der Waals surface area contributed by atoms with Gasteiger partial charge >= 0.3 is 0 Å². The Balaban J connectivity index is 1.60. The molecule has 2 heterocycles. The molecule has 7 heteroatoms. The number of carbonyl (C=O) groups excluding carboxylic acids is 1. The largest absolute Gasteiger partial charge is 0.493 e. The first-order valence-corrected chi connectivity index (χ1v) is 11.5. The summed E-state index contributed by atoms with van der Waals surface area (Å²) in [7, 11) is 3.71. The number of likely N-dealkylation sites (tertiary alicyclic amines) is 1. The van der Waals surface area contributed by atoms with Crippen LogP contribution in [0.2, 0.25) is 0 Å². The minimum absolute atomic E-state index is 0.114. The highest BCUT2D eigenvalue weighted by molar-refractivity contribution is 9.10. The number of benzene rings is 2. The number of rotatable bonds is 5. The lowest BCUT2D eigenvalue weighted by Gasteiger charge is -2.46. The van der Waals surface area contributed by atoms with Crippen molar-refractivity contribution in [1.82, 2.24) is 10.2 Å². The van der Waals surface area contributed by atoms with Gasteiger partial charge in [-0.3, -0.25) is 4.79 Å². The standard InChI is InChI=1S/C24H29BrN2O4/c1-4-30-22-18(25)13-16(14-21(22)29-3)23(28)26-19-15-24(9-11-27(2)12-10-24)31-20-8-6-5-7-17(19)20/h5-8,13-14,19H,4,9-12,15H2,1-3H3,(H,26,28). The number of hydrogen-bond acceptors (Lipinski definition) is 5. The van der Waals surface area contributed by atoms with Crippen LogP contribution in [-0.4, -0.2) is 50.3 Å². The lowest BCUT2D eigenvalue weighted by Crippen LogP contribution is -2.51. The molecule has 0 aliphatic carbocycles. The van der Waals surface area contributed by atoms with Crippen molar-refractivity contribution in [3.05, 3.63) is 52.0 Å². The molecular weight excluding hydrogens is 460 g/mol. The molecule has 1 spiro atoms. The number of carbonyl (C=O) groups is 1. The van der Waals surface area contributed by atoms with E-state index in [2.05, 4.69) is 33.2 Å². The van der Waals surface area contributed by atoms with E-state index in [1.807, 2.05) is 31.2 Å². The third-order valence-corrected chi connectivity index (χ3v) is 6.77. The second kappa shape index (κ2) is 9.09. The van der Waals surface area contributed by atoms with Crippen LogP contribution in [0.15, 0.2) is 40.9 Å². The molecule has 0 aromatic heterocycles. The van der Waals surface area contributed by atoms with Crippen molar-refractivity contribution in [1.29, 1.82) is 0 Å². The van der Waals surface area contributed by atoms with Gasteiger partial charge in [-0.15, -0.1) is 0 Å². The van der Waals surface area contributed by atoms with Crippen molar-refractivity contribution in [3.63, 3.8) is 0 Å². The van der Waals surface area contributed by atoms with Crippen LogP contribution in [0, 0.1) is 0 Å². The van der Waals surface area contributed by atoms with Gasteiger partial charge in [0.25, 0.3) is 5.91 Å². The second-order valence-corrected chi connectivity index (χ2v) is 9.13. The first-order valence-electron chi connectivity index (χ1n) is 10.7. The van der Waals surface area contributed by atoms with Crippen LogP contribution in [0.25, 0.3) is 0 Å². The van der Waals surface area contributed by atoms with Gasteiger partial charge in [-0.05, 0) is 60.9 Å². The van der Waals surface area contributed by atoms with Crippen molar-refractivity contribution < 1.29 is 19.0 Å². The average molecular weight is 489 g/mol. The molecule has 4 rings (SSSR count). The summed E-state index contributed by atoms with van der Waals surface area (Å²) in [6.45, 7) is 4.41. The van der Waals surface area contributed by atoms with Gasteiger partial charge in [-0.2, -0.15) is 0 Å². The van der Waals surface area contributed by atoms with Crippen molar-refractivity contribution in [2.45, 2.75) is 37.8 Å². The quantitative estimate of drug-likeness (QED) is 0.667. The zero-order valence-corrected chi connectivity index (χ0v) is 19.8. The molecule has 1 atom stereocenters. The Morgan fingerprint density at radius 2 is 2.03 bits per heavy atom. The van der Waals surface area contributed by atoms with Crippen LogP contribution >= 0.6 is 15.9 Å². The number of methoxy groups -OCH3 is 1. The highest BCUT2D eigenvalue weighted by Gasteiger charge is 2.43. The van der Waals surface area contributed by atoms with Crippen LogP contribution < -0.4 is 19.5 Å². The molecule has 6 nitrogen and oxygen atoms in total. The van der Waals surface area contributed by atoms with Crippen molar-refractivity contribution in [3.8, 4) is 17.2 Å². The molecule has 2 aliphatic rings. The fourth-order valence-electron chi connectivity index (χ4n) is 4.46. The zero-order chi connectivity index (χ0) is 22.0. The normalized spacial score (nSPS) is 19.9. The molecule has 0 saturated carbocycles. The number of ether oxygens (including phenoxy) is 3. The van der Waals surface area contributed by atoms with Gasteiger partial charge in [0.15, 0.2) is 11.5 Å². The van der Waals surface area contributed by atoms with Crippen LogP contribution in [0.4, 0.5) is 0 Å². The molecule has 0 radical (unpaired) electrons. The monoisotopic (exact) mass is 488 g/mol. The number of para-hydroxylation sites is 1.